The molecule has 0 heteroatoms. The van der Waals surface area contributed by atoms with E-state index in [2.05, 4.69) is 13.8 Å². The molecule has 1 saturated carbocycles. The molecule has 112 valence electrons. The number of hydrogen-bond acceptors (Lipinski definition) is 0. The summed E-state index contributed by atoms with van der Waals surface area (Å²) in [7, 11) is 0. The Morgan fingerprint density at radius 2 is 0.588 bits per heavy atom. The highest BCUT2D eigenvalue weighted by Gasteiger charge is 1.95. The summed E-state index contributed by atoms with van der Waals surface area (Å²) < 4.78 is 0. The normalized spacial score (nSPS) is 11.3. The second kappa shape index (κ2) is 56.2. The van der Waals surface area contributed by atoms with E-state index in [1.807, 2.05) is 41.5 Å². The minimum Gasteiger partial charge on any atom is -0.0776 e. The van der Waals surface area contributed by atoms with E-state index in [4.69, 9.17) is 0 Å². The molecule has 1 aliphatic carbocycles. The first-order valence-electron chi connectivity index (χ1n) is 7.91. The predicted molar refractivity (Wildman–Crippen MR) is 89.1 cm³/mol. The van der Waals surface area contributed by atoms with Gasteiger partial charge in [0.25, 0.3) is 0 Å². The zero-order valence-corrected chi connectivity index (χ0v) is 13.7. The molecule has 0 unspecified atom stereocenters. The van der Waals surface area contributed by atoms with Crippen LogP contribution in [-0.4, -0.2) is 0 Å². The third kappa shape index (κ3) is 64.0. The van der Waals surface area contributed by atoms with Crippen molar-refractivity contribution >= 4 is 0 Å². The summed E-state index contributed by atoms with van der Waals surface area (Å²) in [6.07, 6.45) is 11.6. The minimum atomic E-state index is 0. The van der Waals surface area contributed by atoms with E-state index in [0.717, 1.165) is 0 Å². The molecule has 0 N–H and O–H groups in total. The molecule has 17 heavy (non-hydrogen) atoms. The van der Waals surface area contributed by atoms with E-state index in [1.165, 1.54) is 51.4 Å². The molecule has 0 amide bonds. The van der Waals surface area contributed by atoms with Crippen LogP contribution in [0.1, 0.15) is 114 Å². The van der Waals surface area contributed by atoms with Gasteiger partial charge in [0, 0.05) is 0 Å². The Bertz CT molecular complexity index is 30.5. The molecule has 0 aromatic carbocycles. The SMILES string of the molecule is C.C1CCCCC1.CC.CC.CC.CCCC. The van der Waals surface area contributed by atoms with Crippen molar-refractivity contribution in [3.63, 3.8) is 0 Å². The lowest BCUT2D eigenvalue weighted by atomic mass is 10.0. The van der Waals surface area contributed by atoms with Crippen LogP contribution in [0.2, 0.25) is 0 Å². The van der Waals surface area contributed by atoms with Crippen LogP contribution >= 0.6 is 0 Å². The third-order valence-corrected chi connectivity index (χ3v) is 2.00. The Labute approximate surface area is 115 Å². The van der Waals surface area contributed by atoms with Gasteiger partial charge in [0.1, 0.15) is 0 Å². The van der Waals surface area contributed by atoms with Crippen LogP contribution < -0.4 is 0 Å². The Morgan fingerprint density at radius 1 is 0.471 bits per heavy atom. The van der Waals surface area contributed by atoms with Gasteiger partial charge in [-0.1, -0.05) is 114 Å². The minimum absolute atomic E-state index is 0. The molecule has 0 aliphatic heterocycles. The molecule has 0 saturated heterocycles. The van der Waals surface area contributed by atoms with Crippen molar-refractivity contribution in [2.45, 2.75) is 114 Å². The largest absolute Gasteiger partial charge is 0.0776 e. The van der Waals surface area contributed by atoms with E-state index in [0.29, 0.717) is 0 Å². The van der Waals surface area contributed by atoms with Gasteiger partial charge in [-0.25, -0.2) is 0 Å². The standard InChI is InChI=1S/C6H12.C4H10.3C2H6.CH4/c1-2-4-6-5-3-1;1-3-4-2;3*1-2;/h1-6H2;3-4H2,1-2H3;3*1-2H3;1H4. The number of hydrogen-bond donors (Lipinski definition) is 0. The molecular weight excluding hydrogens is 204 g/mol. The van der Waals surface area contributed by atoms with E-state index < -0.39 is 0 Å². The molecule has 1 aliphatic rings. The van der Waals surface area contributed by atoms with Crippen molar-refractivity contribution in [3.05, 3.63) is 0 Å². The Morgan fingerprint density at radius 3 is 0.647 bits per heavy atom. The van der Waals surface area contributed by atoms with Gasteiger partial charge in [-0.2, -0.15) is 0 Å². The van der Waals surface area contributed by atoms with Crippen LogP contribution in [0.15, 0.2) is 0 Å². The van der Waals surface area contributed by atoms with Gasteiger partial charge >= 0.3 is 0 Å². The molecule has 1 fully saturated rings. The summed E-state index contributed by atoms with van der Waals surface area (Å²) in [5, 5.41) is 0. The van der Waals surface area contributed by atoms with Crippen molar-refractivity contribution in [1.29, 1.82) is 0 Å². The monoisotopic (exact) mass is 248 g/mol. The molecule has 0 bridgehead atoms. The fourth-order valence-electron chi connectivity index (χ4n) is 1.06. The van der Waals surface area contributed by atoms with Gasteiger partial charge in [-0.3, -0.25) is 0 Å². The maximum atomic E-state index is 2.18. The van der Waals surface area contributed by atoms with Crippen LogP contribution in [0.5, 0.6) is 0 Å². The molecule has 0 atom stereocenters. The van der Waals surface area contributed by atoms with Crippen LogP contribution in [0.4, 0.5) is 0 Å². The van der Waals surface area contributed by atoms with Crippen LogP contribution in [-0.2, 0) is 0 Å². The van der Waals surface area contributed by atoms with Crippen molar-refractivity contribution in [2.24, 2.45) is 0 Å². The summed E-state index contributed by atoms with van der Waals surface area (Å²) in [4.78, 5) is 0. The number of rotatable bonds is 1. The molecule has 0 nitrogen and oxygen atoms in total. The summed E-state index contributed by atoms with van der Waals surface area (Å²) >= 11 is 0. The Balaban J connectivity index is -0.0000000390. The smallest absolute Gasteiger partial charge is 0.0533 e. The Hall–Kier alpha value is 0. The first-order chi connectivity index (χ1) is 7.91. The highest BCUT2D eigenvalue weighted by atomic mass is 14.0. The summed E-state index contributed by atoms with van der Waals surface area (Å²) in [6, 6.07) is 0. The van der Waals surface area contributed by atoms with Gasteiger partial charge in [-0.05, 0) is 0 Å². The van der Waals surface area contributed by atoms with Crippen molar-refractivity contribution in [2.75, 3.05) is 0 Å². The lowest BCUT2D eigenvalue weighted by Crippen LogP contribution is -1.85. The fourth-order valence-corrected chi connectivity index (χ4v) is 1.06. The zero-order valence-electron chi connectivity index (χ0n) is 13.7. The van der Waals surface area contributed by atoms with Gasteiger partial charge in [0.15, 0.2) is 0 Å². The van der Waals surface area contributed by atoms with Crippen molar-refractivity contribution in [1.82, 2.24) is 0 Å². The molecule has 0 spiro atoms. The topological polar surface area (TPSA) is 0 Å². The zero-order chi connectivity index (χ0) is 13.7. The second-order valence-corrected chi connectivity index (χ2v) is 3.12. The third-order valence-electron chi connectivity index (χ3n) is 2.00. The highest BCUT2D eigenvalue weighted by molar-refractivity contribution is 4.51. The quantitative estimate of drug-likeness (QED) is 0.443. The van der Waals surface area contributed by atoms with Gasteiger partial charge < -0.3 is 0 Å². The van der Waals surface area contributed by atoms with Gasteiger partial charge in [-0.15, -0.1) is 0 Å². The van der Waals surface area contributed by atoms with E-state index >= 15 is 0 Å². The first kappa shape index (κ1) is 30.2. The lowest BCUT2D eigenvalue weighted by molar-refractivity contribution is 0.504. The number of unbranched alkanes of at least 4 members (excludes halogenated alkanes) is 1. The van der Waals surface area contributed by atoms with Gasteiger partial charge in [0.05, 0.1) is 0 Å². The molecule has 0 heterocycles. The van der Waals surface area contributed by atoms with Crippen LogP contribution in [0, 0.1) is 0 Å². The highest BCUT2D eigenvalue weighted by Crippen LogP contribution is 2.15. The van der Waals surface area contributed by atoms with Crippen LogP contribution in [0.3, 0.4) is 0 Å². The molecule has 0 radical (unpaired) electrons. The molecule has 0 aromatic rings. The van der Waals surface area contributed by atoms with E-state index in [1.54, 1.807) is 0 Å². The molecule has 1 rings (SSSR count). The summed E-state index contributed by atoms with van der Waals surface area (Å²) in [6.45, 7) is 16.4. The van der Waals surface area contributed by atoms with Crippen molar-refractivity contribution in [3.8, 4) is 0 Å². The maximum Gasteiger partial charge on any atom is -0.0533 e. The van der Waals surface area contributed by atoms with Gasteiger partial charge in [0.2, 0.25) is 0 Å². The predicted octanol–water partition coefficient (Wildman–Crippen LogP) is 7.86. The summed E-state index contributed by atoms with van der Waals surface area (Å²) in [5.41, 5.74) is 0. The average Bonchev–Trinajstić information content (AvgIpc) is 2.47. The fraction of sp³-hybridized carbons (Fsp3) is 1.00. The van der Waals surface area contributed by atoms with Crippen molar-refractivity contribution < 1.29 is 0 Å². The molecular formula is C17H44. The first-order valence-corrected chi connectivity index (χ1v) is 7.91. The Kier molecular flexibility index (Phi) is 100. The van der Waals surface area contributed by atoms with E-state index in [9.17, 15) is 0 Å². The average molecular weight is 249 g/mol. The lowest BCUT2D eigenvalue weighted by Gasteiger charge is -2.05. The van der Waals surface area contributed by atoms with Crippen LogP contribution in [0.25, 0.3) is 0 Å². The second-order valence-electron chi connectivity index (χ2n) is 3.12. The van der Waals surface area contributed by atoms with E-state index in [-0.39, 0.29) is 7.43 Å². The summed E-state index contributed by atoms with van der Waals surface area (Å²) in [5.74, 6) is 0. The molecule has 0 aromatic heterocycles. The maximum absolute atomic E-state index is 2.18.